The highest BCUT2D eigenvalue weighted by Crippen LogP contribution is 2.06. The second-order valence-electron chi connectivity index (χ2n) is 5.65. The molecule has 0 aliphatic rings. The molecule has 0 fully saturated rings. The summed E-state index contributed by atoms with van der Waals surface area (Å²) in [4.78, 5) is 4.52. The first-order valence-electron chi connectivity index (χ1n) is 8.12. The van der Waals surface area contributed by atoms with E-state index in [1.807, 2.05) is 6.07 Å². The van der Waals surface area contributed by atoms with Crippen LogP contribution in [0, 0.1) is 5.92 Å². The minimum absolute atomic E-state index is 0.522. The maximum Gasteiger partial charge on any atom is 0.191 e. The van der Waals surface area contributed by atoms with Crippen LogP contribution in [0.15, 0.2) is 15.6 Å². The van der Waals surface area contributed by atoms with Crippen LogP contribution in [0.5, 0.6) is 0 Å². The SMILES string of the molecule is CCNC(=NCc1cc(CC)no1)NCCCCC(C)C. The highest BCUT2D eigenvalue weighted by molar-refractivity contribution is 5.79. The third-order valence-electron chi connectivity index (χ3n) is 3.21. The molecule has 1 heterocycles. The van der Waals surface area contributed by atoms with Crippen LogP contribution in [-0.2, 0) is 13.0 Å². The van der Waals surface area contributed by atoms with Crippen LogP contribution in [-0.4, -0.2) is 24.2 Å². The van der Waals surface area contributed by atoms with Crippen LogP contribution >= 0.6 is 0 Å². The normalized spacial score (nSPS) is 12.0. The monoisotopic (exact) mass is 294 g/mol. The van der Waals surface area contributed by atoms with E-state index in [2.05, 4.69) is 48.5 Å². The number of rotatable bonds is 9. The molecule has 0 aliphatic heterocycles. The maximum atomic E-state index is 5.24. The van der Waals surface area contributed by atoms with Gasteiger partial charge in [0.2, 0.25) is 0 Å². The fraction of sp³-hybridized carbons (Fsp3) is 0.750. The number of unbranched alkanes of at least 4 members (excludes halogenated alkanes) is 1. The molecule has 5 nitrogen and oxygen atoms in total. The third-order valence-corrected chi connectivity index (χ3v) is 3.21. The molecule has 1 aromatic heterocycles. The molecule has 0 saturated carbocycles. The van der Waals surface area contributed by atoms with E-state index < -0.39 is 0 Å². The number of guanidine groups is 1. The summed E-state index contributed by atoms with van der Waals surface area (Å²) in [5.41, 5.74) is 0.979. The molecular formula is C16H30N4O. The van der Waals surface area contributed by atoms with Crippen molar-refractivity contribution in [2.24, 2.45) is 10.9 Å². The molecule has 0 aromatic carbocycles. The summed E-state index contributed by atoms with van der Waals surface area (Å²) in [5.74, 6) is 2.44. The quantitative estimate of drug-likeness (QED) is 0.417. The van der Waals surface area contributed by atoms with Gasteiger partial charge in [-0.2, -0.15) is 0 Å². The first-order valence-corrected chi connectivity index (χ1v) is 8.12. The average molecular weight is 294 g/mol. The van der Waals surface area contributed by atoms with E-state index in [9.17, 15) is 0 Å². The van der Waals surface area contributed by atoms with Gasteiger partial charge in [0.05, 0.1) is 5.69 Å². The number of nitrogens with zero attached hydrogens (tertiary/aromatic N) is 2. The lowest BCUT2D eigenvalue weighted by Crippen LogP contribution is -2.37. The minimum atomic E-state index is 0.522. The molecule has 120 valence electrons. The molecule has 0 saturated heterocycles. The van der Waals surface area contributed by atoms with Gasteiger partial charge in [-0.15, -0.1) is 0 Å². The summed E-state index contributed by atoms with van der Waals surface area (Å²) in [6, 6.07) is 1.97. The molecule has 0 spiro atoms. The van der Waals surface area contributed by atoms with E-state index in [1.165, 1.54) is 19.3 Å². The second kappa shape index (κ2) is 10.2. The Labute approximate surface area is 128 Å². The lowest BCUT2D eigenvalue weighted by Gasteiger charge is -2.11. The van der Waals surface area contributed by atoms with Crippen LogP contribution in [0.4, 0.5) is 0 Å². The number of aryl methyl sites for hydroxylation is 1. The number of aromatic nitrogens is 1. The number of aliphatic imine (C=N–C) groups is 1. The van der Waals surface area contributed by atoms with Gasteiger partial charge in [-0.1, -0.05) is 38.8 Å². The Bertz CT molecular complexity index is 412. The van der Waals surface area contributed by atoms with Gasteiger partial charge in [0.15, 0.2) is 11.7 Å². The number of hydrogen-bond acceptors (Lipinski definition) is 3. The highest BCUT2D eigenvalue weighted by atomic mass is 16.5. The first kappa shape index (κ1) is 17.5. The van der Waals surface area contributed by atoms with Crippen molar-refractivity contribution in [3.05, 3.63) is 17.5 Å². The molecule has 1 aromatic rings. The highest BCUT2D eigenvalue weighted by Gasteiger charge is 2.03. The van der Waals surface area contributed by atoms with E-state index in [1.54, 1.807) is 0 Å². The van der Waals surface area contributed by atoms with Crippen molar-refractivity contribution >= 4 is 5.96 Å². The standard InChI is InChI=1S/C16H30N4O/c1-5-14-11-15(21-20-14)12-19-16(17-6-2)18-10-8-7-9-13(3)4/h11,13H,5-10,12H2,1-4H3,(H2,17,18,19). The Morgan fingerprint density at radius 3 is 2.71 bits per heavy atom. The molecule has 0 atom stereocenters. The van der Waals surface area contributed by atoms with Gasteiger partial charge in [-0.3, -0.25) is 0 Å². The Morgan fingerprint density at radius 2 is 2.10 bits per heavy atom. The van der Waals surface area contributed by atoms with Gasteiger partial charge in [0.25, 0.3) is 0 Å². The smallest absolute Gasteiger partial charge is 0.191 e. The van der Waals surface area contributed by atoms with Crippen molar-refractivity contribution in [1.29, 1.82) is 0 Å². The summed E-state index contributed by atoms with van der Waals surface area (Å²) in [6.45, 7) is 11.0. The fourth-order valence-corrected chi connectivity index (χ4v) is 1.98. The van der Waals surface area contributed by atoms with Crippen LogP contribution in [0.25, 0.3) is 0 Å². The van der Waals surface area contributed by atoms with Gasteiger partial charge in [-0.25, -0.2) is 4.99 Å². The molecule has 21 heavy (non-hydrogen) atoms. The van der Waals surface area contributed by atoms with Gasteiger partial charge in [0, 0.05) is 19.2 Å². The van der Waals surface area contributed by atoms with E-state index in [0.717, 1.165) is 42.8 Å². The van der Waals surface area contributed by atoms with Crippen LogP contribution in [0.1, 0.15) is 58.4 Å². The van der Waals surface area contributed by atoms with E-state index in [-0.39, 0.29) is 0 Å². The van der Waals surface area contributed by atoms with Crippen LogP contribution < -0.4 is 10.6 Å². The number of hydrogen-bond donors (Lipinski definition) is 2. The predicted molar refractivity (Wildman–Crippen MR) is 87.4 cm³/mol. The molecule has 0 amide bonds. The summed E-state index contributed by atoms with van der Waals surface area (Å²) in [5, 5.41) is 10.6. The average Bonchev–Trinajstić information content (AvgIpc) is 2.92. The van der Waals surface area contributed by atoms with E-state index in [4.69, 9.17) is 4.52 Å². The summed E-state index contributed by atoms with van der Waals surface area (Å²) < 4.78 is 5.24. The zero-order chi connectivity index (χ0) is 15.5. The lowest BCUT2D eigenvalue weighted by atomic mass is 10.1. The minimum Gasteiger partial charge on any atom is -0.359 e. The molecule has 0 unspecified atom stereocenters. The Morgan fingerprint density at radius 1 is 1.29 bits per heavy atom. The summed E-state index contributed by atoms with van der Waals surface area (Å²) >= 11 is 0. The van der Waals surface area contributed by atoms with Gasteiger partial charge in [0.1, 0.15) is 6.54 Å². The van der Waals surface area contributed by atoms with Crippen molar-refractivity contribution in [3.8, 4) is 0 Å². The lowest BCUT2D eigenvalue weighted by molar-refractivity contribution is 0.379. The molecular weight excluding hydrogens is 264 g/mol. The van der Waals surface area contributed by atoms with Gasteiger partial charge < -0.3 is 15.2 Å². The fourth-order valence-electron chi connectivity index (χ4n) is 1.98. The third kappa shape index (κ3) is 7.73. The Kier molecular flexibility index (Phi) is 8.55. The van der Waals surface area contributed by atoms with Crippen molar-refractivity contribution in [2.45, 2.75) is 59.9 Å². The molecule has 0 radical (unpaired) electrons. The van der Waals surface area contributed by atoms with E-state index in [0.29, 0.717) is 6.54 Å². The van der Waals surface area contributed by atoms with Gasteiger partial charge >= 0.3 is 0 Å². The summed E-state index contributed by atoms with van der Waals surface area (Å²) in [7, 11) is 0. The molecule has 0 aliphatic carbocycles. The van der Waals surface area contributed by atoms with Gasteiger partial charge in [-0.05, 0) is 25.7 Å². The molecule has 5 heteroatoms. The number of nitrogens with one attached hydrogen (secondary N) is 2. The topological polar surface area (TPSA) is 62.5 Å². The van der Waals surface area contributed by atoms with Crippen molar-refractivity contribution < 1.29 is 4.52 Å². The second-order valence-corrected chi connectivity index (χ2v) is 5.65. The van der Waals surface area contributed by atoms with Crippen LogP contribution in [0.3, 0.4) is 0 Å². The molecule has 1 rings (SSSR count). The zero-order valence-electron chi connectivity index (χ0n) is 13.9. The van der Waals surface area contributed by atoms with Crippen molar-refractivity contribution in [1.82, 2.24) is 15.8 Å². The summed E-state index contributed by atoms with van der Waals surface area (Å²) in [6.07, 6.45) is 4.60. The van der Waals surface area contributed by atoms with E-state index >= 15 is 0 Å². The van der Waals surface area contributed by atoms with Crippen molar-refractivity contribution in [3.63, 3.8) is 0 Å². The molecule has 0 bridgehead atoms. The molecule has 2 N–H and O–H groups in total. The largest absolute Gasteiger partial charge is 0.359 e. The zero-order valence-corrected chi connectivity index (χ0v) is 13.9. The maximum absolute atomic E-state index is 5.24. The predicted octanol–water partition coefficient (Wildman–Crippen LogP) is 3.12. The Hall–Kier alpha value is -1.52. The van der Waals surface area contributed by atoms with Crippen LogP contribution in [0.2, 0.25) is 0 Å². The van der Waals surface area contributed by atoms with Crippen molar-refractivity contribution in [2.75, 3.05) is 13.1 Å². The Balaban J connectivity index is 2.35. The first-order chi connectivity index (χ1) is 10.2.